The molecule has 0 saturated carbocycles. The smallest absolute Gasteiger partial charge is 0.326 e. The second-order valence-corrected chi connectivity index (χ2v) is 6.23. The number of benzene rings is 1. The van der Waals surface area contributed by atoms with Crippen LogP contribution in [0.15, 0.2) is 24.4 Å². The molecule has 0 aliphatic heterocycles. The third-order valence-electron chi connectivity index (χ3n) is 4.39. The Kier molecular flexibility index (Phi) is 7.37. The summed E-state index contributed by atoms with van der Waals surface area (Å²) in [5, 5.41) is 21.6. The Balaban J connectivity index is 2.14. The first kappa shape index (κ1) is 21.5. The fourth-order valence-corrected chi connectivity index (χ4v) is 2.93. The standard InChI is InChI=1S/C19H19N5O5/c1-29-16(7-12-9-22-14-4-2-3-11(8-20)17(12)14)18(26)24-15(19(27)28)6-5-13(25)10-23-21/h2-4,9-10,15-16,22H,5-7H2,1H3,(H,24,26)(H,27,28). The summed E-state index contributed by atoms with van der Waals surface area (Å²) in [4.78, 5) is 40.9. The van der Waals surface area contributed by atoms with Crippen molar-refractivity contribution in [3.8, 4) is 6.07 Å². The van der Waals surface area contributed by atoms with Gasteiger partial charge in [0.05, 0.1) is 11.6 Å². The first-order valence-electron chi connectivity index (χ1n) is 8.66. The summed E-state index contributed by atoms with van der Waals surface area (Å²) in [6, 6.07) is 5.99. The highest BCUT2D eigenvalue weighted by Crippen LogP contribution is 2.24. The van der Waals surface area contributed by atoms with Crippen LogP contribution in [-0.2, 0) is 25.5 Å². The van der Waals surface area contributed by atoms with E-state index in [1.54, 1.807) is 24.4 Å². The van der Waals surface area contributed by atoms with Gasteiger partial charge in [0, 0.05) is 37.1 Å². The van der Waals surface area contributed by atoms with Crippen LogP contribution in [0.2, 0.25) is 0 Å². The third-order valence-corrected chi connectivity index (χ3v) is 4.39. The lowest BCUT2D eigenvalue weighted by Crippen LogP contribution is -2.46. The number of hydrogen-bond acceptors (Lipinski definition) is 5. The molecule has 10 heteroatoms. The van der Waals surface area contributed by atoms with E-state index in [-0.39, 0.29) is 19.3 Å². The SMILES string of the molecule is COC(Cc1c[nH]c2cccc(C#N)c12)C(=O)NC(CCC(=O)C=[N+]=[N-])C(=O)O. The van der Waals surface area contributed by atoms with E-state index in [2.05, 4.69) is 21.2 Å². The van der Waals surface area contributed by atoms with E-state index in [1.165, 1.54) is 7.11 Å². The number of aliphatic carboxylic acids is 1. The fraction of sp³-hybridized carbons (Fsp3) is 0.316. The van der Waals surface area contributed by atoms with E-state index >= 15 is 0 Å². The first-order valence-corrected chi connectivity index (χ1v) is 8.66. The van der Waals surface area contributed by atoms with Crippen LogP contribution in [0.5, 0.6) is 0 Å². The number of hydrogen-bond donors (Lipinski definition) is 3. The zero-order valence-electron chi connectivity index (χ0n) is 15.6. The second kappa shape index (κ2) is 9.94. The fourth-order valence-electron chi connectivity index (χ4n) is 2.93. The van der Waals surface area contributed by atoms with Crippen LogP contribution in [-0.4, -0.2) is 58.0 Å². The number of carboxylic acids is 1. The largest absolute Gasteiger partial charge is 0.480 e. The number of Topliss-reactive ketones (excluding diaryl/α,β-unsaturated/α-hetero) is 1. The number of ketones is 1. The number of aromatic amines is 1. The molecule has 29 heavy (non-hydrogen) atoms. The van der Waals surface area contributed by atoms with Gasteiger partial charge in [-0.25, -0.2) is 4.79 Å². The van der Waals surface area contributed by atoms with Gasteiger partial charge in [0.25, 0.3) is 0 Å². The number of carbonyl (C=O) groups excluding carboxylic acids is 2. The van der Waals surface area contributed by atoms with Gasteiger partial charge in [-0.15, -0.1) is 0 Å². The van der Waals surface area contributed by atoms with E-state index in [4.69, 9.17) is 10.3 Å². The normalized spacial score (nSPS) is 12.4. The zero-order chi connectivity index (χ0) is 21.4. The second-order valence-electron chi connectivity index (χ2n) is 6.23. The van der Waals surface area contributed by atoms with Crippen molar-refractivity contribution >= 4 is 34.8 Å². The van der Waals surface area contributed by atoms with Gasteiger partial charge >= 0.3 is 12.2 Å². The van der Waals surface area contributed by atoms with Crippen LogP contribution in [0.3, 0.4) is 0 Å². The molecule has 1 heterocycles. The first-order chi connectivity index (χ1) is 13.9. The molecule has 0 bridgehead atoms. The monoisotopic (exact) mass is 397 g/mol. The highest BCUT2D eigenvalue weighted by Gasteiger charge is 2.27. The van der Waals surface area contributed by atoms with Crippen LogP contribution in [0.1, 0.15) is 24.0 Å². The molecular weight excluding hydrogens is 378 g/mol. The van der Waals surface area contributed by atoms with Crippen molar-refractivity contribution < 1.29 is 29.0 Å². The van der Waals surface area contributed by atoms with Gasteiger partial charge in [0.2, 0.25) is 11.7 Å². The predicted molar refractivity (Wildman–Crippen MR) is 101 cm³/mol. The minimum absolute atomic E-state index is 0.115. The molecule has 0 aliphatic carbocycles. The molecule has 0 radical (unpaired) electrons. The van der Waals surface area contributed by atoms with Gasteiger partial charge in [-0.05, 0) is 24.1 Å². The number of methoxy groups -OCH3 is 1. The van der Waals surface area contributed by atoms with Crippen LogP contribution in [0.25, 0.3) is 16.4 Å². The maximum absolute atomic E-state index is 12.6. The van der Waals surface area contributed by atoms with Crippen molar-refractivity contribution in [1.29, 1.82) is 5.26 Å². The summed E-state index contributed by atoms with van der Waals surface area (Å²) in [5.41, 5.74) is 10.2. The molecule has 1 amide bonds. The summed E-state index contributed by atoms with van der Waals surface area (Å²) in [7, 11) is 1.32. The number of nitrogens with zero attached hydrogens (tertiary/aromatic N) is 3. The van der Waals surface area contributed by atoms with Crippen molar-refractivity contribution in [2.24, 2.45) is 0 Å². The van der Waals surface area contributed by atoms with E-state index in [0.717, 1.165) is 5.52 Å². The van der Waals surface area contributed by atoms with Crippen molar-refractivity contribution in [1.82, 2.24) is 10.3 Å². The minimum atomic E-state index is -1.31. The van der Waals surface area contributed by atoms with Crippen molar-refractivity contribution in [2.75, 3.05) is 7.11 Å². The molecular formula is C19H19N5O5. The maximum Gasteiger partial charge on any atom is 0.326 e. The zero-order valence-corrected chi connectivity index (χ0v) is 15.6. The number of fused-ring (bicyclic) bond motifs is 1. The average molecular weight is 397 g/mol. The van der Waals surface area contributed by atoms with E-state index in [1.807, 2.05) is 0 Å². The van der Waals surface area contributed by atoms with Crippen molar-refractivity contribution in [3.63, 3.8) is 0 Å². The van der Waals surface area contributed by atoms with Crippen LogP contribution >= 0.6 is 0 Å². The number of nitriles is 1. The lowest BCUT2D eigenvalue weighted by molar-refractivity contribution is -0.144. The molecule has 2 rings (SSSR count). The van der Waals surface area contributed by atoms with E-state index < -0.39 is 29.8 Å². The van der Waals surface area contributed by atoms with E-state index in [9.17, 15) is 24.8 Å². The van der Waals surface area contributed by atoms with Crippen LogP contribution < -0.4 is 5.32 Å². The number of aromatic nitrogens is 1. The molecule has 0 fully saturated rings. The minimum Gasteiger partial charge on any atom is -0.480 e. The Labute approximate surface area is 165 Å². The lowest BCUT2D eigenvalue weighted by atomic mass is 10.0. The Hall–Kier alpha value is -3.80. The molecule has 0 aliphatic rings. The third kappa shape index (κ3) is 5.35. The van der Waals surface area contributed by atoms with E-state index in [0.29, 0.717) is 22.7 Å². The highest BCUT2D eigenvalue weighted by molar-refractivity contribution is 6.25. The topological polar surface area (TPSA) is 169 Å². The number of nitrogens with one attached hydrogen (secondary N) is 2. The number of rotatable bonds is 10. The summed E-state index contributed by atoms with van der Waals surface area (Å²) >= 11 is 0. The van der Waals surface area contributed by atoms with Crippen LogP contribution in [0.4, 0.5) is 0 Å². The van der Waals surface area contributed by atoms with Gasteiger partial charge in [0.1, 0.15) is 12.1 Å². The average Bonchev–Trinajstić information content (AvgIpc) is 3.12. The Bertz CT molecular complexity index is 1020. The number of ether oxygens (including phenoxy) is 1. The number of amides is 1. The Morgan fingerprint density at radius 1 is 1.45 bits per heavy atom. The molecule has 0 spiro atoms. The molecule has 0 saturated heterocycles. The van der Waals surface area contributed by atoms with Gasteiger partial charge in [-0.2, -0.15) is 10.1 Å². The van der Waals surface area contributed by atoms with Gasteiger partial charge in [-0.3, -0.25) is 9.59 Å². The number of H-pyrrole nitrogens is 1. The molecule has 2 unspecified atom stereocenters. The molecule has 150 valence electrons. The Morgan fingerprint density at radius 3 is 2.83 bits per heavy atom. The van der Waals surface area contributed by atoms with Gasteiger partial charge < -0.3 is 25.7 Å². The van der Waals surface area contributed by atoms with Gasteiger partial charge in [-0.1, -0.05) is 6.07 Å². The summed E-state index contributed by atoms with van der Waals surface area (Å²) < 4.78 is 5.23. The molecule has 2 aromatic rings. The van der Waals surface area contributed by atoms with Gasteiger partial charge in [0.15, 0.2) is 0 Å². The summed E-state index contributed by atoms with van der Waals surface area (Å²) in [6.07, 6.45) is 1.07. The molecule has 3 N–H and O–H groups in total. The number of carbonyl (C=O) groups is 3. The molecule has 10 nitrogen and oxygen atoms in total. The molecule has 1 aromatic carbocycles. The summed E-state index contributed by atoms with van der Waals surface area (Å²) in [6.45, 7) is 0. The van der Waals surface area contributed by atoms with Crippen molar-refractivity contribution in [3.05, 3.63) is 41.1 Å². The predicted octanol–water partition coefficient (Wildman–Crippen LogP) is 0.816. The highest BCUT2D eigenvalue weighted by atomic mass is 16.5. The lowest BCUT2D eigenvalue weighted by Gasteiger charge is -2.19. The van der Waals surface area contributed by atoms with Crippen LogP contribution in [0, 0.1) is 11.3 Å². The maximum atomic E-state index is 12.6. The molecule has 2 atom stereocenters. The quantitative estimate of drug-likeness (QED) is 0.304. The number of carboxylic acid groups (broad SMARTS) is 1. The van der Waals surface area contributed by atoms with Crippen molar-refractivity contribution in [2.45, 2.75) is 31.4 Å². The molecule has 1 aromatic heterocycles. The summed E-state index contributed by atoms with van der Waals surface area (Å²) in [5.74, 6) is -2.54. The Morgan fingerprint density at radius 2 is 2.21 bits per heavy atom.